The molecule has 1 fully saturated rings. The first kappa shape index (κ1) is 22.5. The van der Waals surface area contributed by atoms with Crippen molar-refractivity contribution in [3.63, 3.8) is 0 Å². The molecule has 0 bridgehead atoms. The normalized spacial score (nSPS) is 14.7. The summed E-state index contributed by atoms with van der Waals surface area (Å²) in [6.07, 6.45) is 0.728. The Morgan fingerprint density at radius 3 is 2.38 bits per heavy atom. The van der Waals surface area contributed by atoms with Gasteiger partial charge in [-0.05, 0) is 45.0 Å². The first-order valence-corrected chi connectivity index (χ1v) is 12.3. The molecule has 0 atom stereocenters. The summed E-state index contributed by atoms with van der Waals surface area (Å²) in [4.78, 5) is 22.2. The van der Waals surface area contributed by atoms with Gasteiger partial charge >= 0.3 is 0 Å². The van der Waals surface area contributed by atoms with Crippen molar-refractivity contribution >= 4 is 22.9 Å². The van der Waals surface area contributed by atoms with Crippen LogP contribution in [0.5, 0.6) is 0 Å². The number of benzene rings is 2. The Balaban J connectivity index is 1.25. The smallest absolute Gasteiger partial charge is 0.251 e. The zero-order valence-corrected chi connectivity index (χ0v) is 20.0. The molecule has 1 aliphatic heterocycles. The van der Waals surface area contributed by atoms with Gasteiger partial charge in [-0.25, -0.2) is 4.98 Å². The fourth-order valence-corrected chi connectivity index (χ4v) is 4.84. The van der Waals surface area contributed by atoms with Crippen LogP contribution in [-0.2, 0) is 6.42 Å². The van der Waals surface area contributed by atoms with Crippen LogP contribution in [0.4, 0.5) is 5.69 Å². The first-order chi connectivity index (χ1) is 15.5. The highest BCUT2D eigenvalue weighted by atomic mass is 32.1. The van der Waals surface area contributed by atoms with Crippen molar-refractivity contribution in [2.75, 3.05) is 37.6 Å². The van der Waals surface area contributed by atoms with E-state index >= 15 is 0 Å². The van der Waals surface area contributed by atoms with Crippen molar-refractivity contribution in [2.45, 2.75) is 33.2 Å². The zero-order chi connectivity index (χ0) is 22.5. The molecular weight excluding hydrogens is 416 g/mol. The van der Waals surface area contributed by atoms with Crippen LogP contribution in [0.2, 0.25) is 0 Å². The second-order valence-corrected chi connectivity index (χ2v) is 9.54. The SMILES string of the molecule is Cc1ccc(-c2nc(CCNC(=O)c3ccc(N4CCN(C(C)C)CC4)cc3)cs2)cc1. The molecule has 32 heavy (non-hydrogen) atoms. The third-order valence-corrected chi connectivity index (χ3v) is 7.00. The molecular formula is C26H32N4OS. The molecule has 2 aromatic carbocycles. The average Bonchev–Trinajstić information content (AvgIpc) is 3.28. The van der Waals surface area contributed by atoms with E-state index in [0.717, 1.165) is 48.9 Å². The molecule has 0 radical (unpaired) electrons. The number of anilines is 1. The van der Waals surface area contributed by atoms with Crippen LogP contribution in [0.25, 0.3) is 10.6 Å². The topological polar surface area (TPSA) is 48.5 Å². The van der Waals surface area contributed by atoms with Crippen molar-refractivity contribution in [1.82, 2.24) is 15.2 Å². The fourth-order valence-electron chi connectivity index (χ4n) is 3.98. The highest BCUT2D eigenvalue weighted by Crippen LogP contribution is 2.24. The number of piperazine rings is 1. The number of aromatic nitrogens is 1. The zero-order valence-electron chi connectivity index (χ0n) is 19.2. The van der Waals surface area contributed by atoms with Gasteiger partial charge in [-0.15, -0.1) is 11.3 Å². The van der Waals surface area contributed by atoms with Gasteiger partial charge in [0, 0.05) is 67.4 Å². The van der Waals surface area contributed by atoms with E-state index in [2.05, 4.69) is 77.7 Å². The maximum absolute atomic E-state index is 12.5. The number of aryl methyl sites for hydroxylation is 1. The maximum Gasteiger partial charge on any atom is 0.251 e. The largest absolute Gasteiger partial charge is 0.369 e. The number of carbonyl (C=O) groups is 1. The van der Waals surface area contributed by atoms with E-state index in [0.29, 0.717) is 18.2 Å². The van der Waals surface area contributed by atoms with Crippen LogP contribution < -0.4 is 10.2 Å². The molecule has 2 heterocycles. The molecule has 1 aliphatic rings. The minimum Gasteiger partial charge on any atom is -0.369 e. The number of thiazole rings is 1. The van der Waals surface area contributed by atoms with Crippen molar-refractivity contribution in [3.8, 4) is 10.6 Å². The second-order valence-electron chi connectivity index (χ2n) is 8.68. The molecule has 5 nitrogen and oxygen atoms in total. The van der Waals surface area contributed by atoms with Crippen LogP contribution in [-0.4, -0.2) is 54.6 Å². The predicted molar refractivity (Wildman–Crippen MR) is 134 cm³/mol. The lowest BCUT2D eigenvalue weighted by Gasteiger charge is -2.38. The quantitative estimate of drug-likeness (QED) is 0.573. The summed E-state index contributed by atoms with van der Waals surface area (Å²) < 4.78 is 0. The number of nitrogens with one attached hydrogen (secondary N) is 1. The Bertz CT molecular complexity index is 1020. The summed E-state index contributed by atoms with van der Waals surface area (Å²) in [5, 5.41) is 6.13. The number of rotatable bonds is 7. The Kier molecular flexibility index (Phi) is 7.22. The van der Waals surface area contributed by atoms with Crippen LogP contribution in [0.1, 0.15) is 35.5 Å². The van der Waals surface area contributed by atoms with E-state index in [1.165, 1.54) is 11.3 Å². The molecule has 0 saturated carbocycles. The lowest BCUT2D eigenvalue weighted by molar-refractivity contribution is 0.0954. The van der Waals surface area contributed by atoms with Crippen molar-refractivity contribution in [3.05, 3.63) is 70.7 Å². The molecule has 168 valence electrons. The minimum absolute atomic E-state index is 0.0323. The van der Waals surface area contributed by atoms with E-state index in [-0.39, 0.29) is 5.91 Å². The lowest BCUT2D eigenvalue weighted by Crippen LogP contribution is -2.48. The third-order valence-electron chi connectivity index (χ3n) is 6.06. The molecule has 0 unspecified atom stereocenters. The Morgan fingerprint density at radius 2 is 1.72 bits per heavy atom. The van der Waals surface area contributed by atoms with Crippen molar-refractivity contribution < 1.29 is 4.79 Å². The molecule has 1 N–H and O–H groups in total. The Morgan fingerprint density at radius 1 is 1.03 bits per heavy atom. The van der Waals surface area contributed by atoms with Gasteiger partial charge in [0.15, 0.2) is 0 Å². The number of hydrogen-bond acceptors (Lipinski definition) is 5. The first-order valence-electron chi connectivity index (χ1n) is 11.4. The van der Waals surface area contributed by atoms with E-state index in [1.54, 1.807) is 11.3 Å². The molecule has 3 aromatic rings. The predicted octanol–water partition coefficient (Wildman–Crippen LogP) is 4.62. The van der Waals surface area contributed by atoms with Gasteiger partial charge in [0.2, 0.25) is 0 Å². The molecule has 0 aliphatic carbocycles. The number of amides is 1. The van der Waals surface area contributed by atoms with Gasteiger partial charge in [0.05, 0.1) is 5.69 Å². The molecule has 1 amide bonds. The van der Waals surface area contributed by atoms with Crippen LogP contribution in [0.15, 0.2) is 53.9 Å². The van der Waals surface area contributed by atoms with Crippen LogP contribution >= 0.6 is 11.3 Å². The Hall–Kier alpha value is -2.70. The summed E-state index contributed by atoms with van der Waals surface area (Å²) in [5.41, 5.74) is 5.29. The average molecular weight is 449 g/mol. The van der Waals surface area contributed by atoms with Gasteiger partial charge in [-0.2, -0.15) is 0 Å². The summed E-state index contributed by atoms with van der Waals surface area (Å²) in [7, 11) is 0. The molecule has 1 aromatic heterocycles. The molecule has 4 rings (SSSR count). The fraction of sp³-hybridized carbons (Fsp3) is 0.385. The summed E-state index contributed by atoms with van der Waals surface area (Å²) in [6, 6.07) is 17.0. The highest BCUT2D eigenvalue weighted by molar-refractivity contribution is 7.13. The number of nitrogens with zero attached hydrogens (tertiary/aromatic N) is 3. The third kappa shape index (κ3) is 5.56. The summed E-state index contributed by atoms with van der Waals surface area (Å²) in [6.45, 7) is 11.4. The maximum atomic E-state index is 12.5. The van der Waals surface area contributed by atoms with Gasteiger partial charge < -0.3 is 10.2 Å². The van der Waals surface area contributed by atoms with E-state index < -0.39 is 0 Å². The lowest BCUT2D eigenvalue weighted by atomic mass is 10.1. The van der Waals surface area contributed by atoms with Gasteiger partial charge in [0.1, 0.15) is 5.01 Å². The molecule has 6 heteroatoms. The second kappa shape index (κ2) is 10.3. The number of hydrogen-bond donors (Lipinski definition) is 1. The minimum atomic E-state index is -0.0323. The monoisotopic (exact) mass is 448 g/mol. The van der Waals surface area contributed by atoms with Crippen LogP contribution in [0.3, 0.4) is 0 Å². The van der Waals surface area contributed by atoms with Crippen molar-refractivity contribution in [2.24, 2.45) is 0 Å². The van der Waals surface area contributed by atoms with Crippen molar-refractivity contribution in [1.29, 1.82) is 0 Å². The van der Waals surface area contributed by atoms with Gasteiger partial charge in [-0.3, -0.25) is 9.69 Å². The van der Waals surface area contributed by atoms with Gasteiger partial charge in [0.25, 0.3) is 5.91 Å². The summed E-state index contributed by atoms with van der Waals surface area (Å²) >= 11 is 1.65. The van der Waals surface area contributed by atoms with E-state index in [4.69, 9.17) is 4.98 Å². The number of carbonyl (C=O) groups excluding carboxylic acids is 1. The summed E-state index contributed by atoms with van der Waals surface area (Å²) in [5.74, 6) is -0.0323. The standard InChI is InChI=1S/C26H32N4OS/c1-19(2)29-14-16-30(17-15-29)24-10-8-21(9-11-24)25(31)27-13-12-23-18-32-26(28-23)22-6-4-20(3)5-7-22/h4-11,18-19H,12-17H2,1-3H3,(H,27,31). The van der Waals surface area contributed by atoms with Gasteiger partial charge in [-0.1, -0.05) is 29.8 Å². The Labute approximate surface area is 195 Å². The van der Waals surface area contributed by atoms with E-state index in [1.807, 2.05) is 12.1 Å². The van der Waals surface area contributed by atoms with Crippen LogP contribution in [0, 0.1) is 6.92 Å². The highest BCUT2D eigenvalue weighted by Gasteiger charge is 2.19. The molecule has 0 spiro atoms. The van der Waals surface area contributed by atoms with E-state index in [9.17, 15) is 4.79 Å². The molecule has 1 saturated heterocycles.